The molecule has 2 N–H and O–H groups in total. The van der Waals surface area contributed by atoms with Crippen molar-refractivity contribution in [1.82, 2.24) is 0 Å². The van der Waals surface area contributed by atoms with Crippen LogP contribution in [0, 0.1) is 0 Å². The Morgan fingerprint density at radius 3 is 1.21 bits per heavy atom. The van der Waals surface area contributed by atoms with Crippen LogP contribution in [0.1, 0.15) is 66.2 Å². The molecule has 0 spiro atoms. The zero-order valence-corrected chi connectivity index (χ0v) is 7.71. The molecule has 2 unspecified atom stereocenters. The summed E-state index contributed by atoms with van der Waals surface area (Å²) in [6.07, 6.45) is 7.77. The van der Waals surface area contributed by atoms with Crippen LogP contribution in [0.15, 0.2) is 0 Å². The van der Waals surface area contributed by atoms with E-state index in [2.05, 4.69) is 0 Å². The van der Waals surface area contributed by atoms with Crippen LogP contribution in [0.25, 0.3) is 0 Å². The van der Waals surface area contributed by atoms with Crippen molar-refractivity contribution in [1.29, 1.82) is 0 Å². The fourth-order valence-electron chi connectivity index (χ4n) is 1.80. The maximum atomic E-state index is 9.45. The molecular weight excluding hydrogens is 176 g/mol. The van der Waals surface area contributed by atoms with Gasteiger partial charge in [-0.15, -0.1) is 0 Å². The van der Waals surface area contributed by atoms with Crippen LogP contribution in [0.4, 0.5) is 0 Å². The molecule has 14 heavy (non-hydrogen) atoms. The quantitative estimate of drug-likeness (QED) is 0.636. The largest absolute Gasteiger partial charge is 0.390 e. The molecule has 1 aliphatic rings. The lowest BCUT2D eigenvalue weighted by Gasteiger charge is -2.18. The van der Waals surface area contributed by atoms with Crippen LogP contribution in [0.5, 0.6) is 0 Å². The van der Waals surface area contributed by atoms with E-state index in [0.717, 1.165) is 25.7 Å². The Bertz CT molecular complexity index is 101. The number of hydrogen-bond acceptors (Lipinski definition) is 2. The smallest absolute Gasteiger partial charge is 0.0799 e. The van der Waals surface area contributed by atoms with E-state index >= 15 is 0 Å². The molecule has 0 aliphatic heterocycles. The summed E-state index contributed by atoms with van der Waals surface area (Å²) >= 11 is 0. The molecule has 1 aliphatic carbocycles. The summed E-state index contributed by atoms with van der Waals surface area (Å²) in [5.74, 6) is 0. The van der Waals surface area contributed by atoms with Gasteiger partial charge in [0, 0.05) is 0 Å². The average Bonchev–Trinajstić information content (AvgIpc) is 2.08. The van der Waals surface area contributed by atoms with Gasteiger partial charge in [-0.1, -0.05) is 53.4 Å². The predicted octanol–water partition coefficient (Wildman–Crippen LogP) is 3.11. The fraction of sp³-hybridized carbons (Fsp3) is 1.00. The van der Waals surface area contributed by atoms with Gasteiger partial charge in [0.25, 0.3) is 0 Å². The van der Waals surface area contributed by atoms with Crippen molar-refractivity contribution in [3.63, 3.8) is 0 Å². The predicted molar refractivity (Wildman–Crippen MR) is 62.4 cm³/mol. The van der Waals surface area contributed by atoms with Gasteiger partial charge in [-0.05, 0) is 12.8 Å². The van der Waals surface area contributed by atoms with Crippen LogP contribution < -0.4 is 0 Å². The Labute approximate surface area is 89.3 Å². The SMILES string of the molecule is C.C.OC1CCCCCCCCC1O. The normalized spacial score (nSPS) is 29.6. The third-order valence-electron chi connectivity index (χ3n) is 2.69. The maximum absolute atomic E-state index is 9.45. The summed E-state index contributed by atoms with van der Waals surface area (Å²) in [5, 5.41) is 18.9. The van der Waals surface area contributed by atoms with E-state index in [1.165, 1.54) is 25.7 Å². The molecule has 1 saturated carbocycles. The van der Waals surface area contributed by atoms with Gasteiger partial charge in [-0.2, -0.15) is 0 Å². The lowest BCUT2D eigenvalue weighted by atomic mass is 9.97. The monoisotopic (exact) mass is 204 g/mol. The van der Waals surface area contributed by atoms with Crippen LogP contribution in [0.2, 0.25) is 0 Å². The van der Waals surface area contributed by atoms with Crippen molar-refractivity contribution in [2.24, 2.45) is 0 Å². The average molecular weight is 204 g/mol. The highest BCUT2D eigenvalue weighted by molar-refractivity contribution is 4.68. The summed E-state index contributed by atoms with van der Waals surface area (Å²) < 4.78 is 0. The topological polar surface area (TPSA) is 40.5 Å². The molecule has 2 atom stereocenters. The van der Waals surface area contributed by atoms with Gasteiger partial charge < -0.3 is 10.2 Å². The molecule has 2 nitrogen and oxygen atoms in total. The van der Waals surface area contributed by atoms with Crippen molar-refractivity contribution in [2.45, 2.75) is 78.4 Å². The number of aliphatic hydroxyl groups excluding tert-OH is 2. The number of hydrogen-bond donors (Lipinski definition) is 2. The Morgan fingerprint density at radius 2 is 0.857 bits per heavy atom. The molecule has 2 heteroatoms. The van der Waals surface area contributed by atoms with Crippen LogP contribution in [-0.2, 0) is 0 Å². The van der Waals surface area contributed by atoms with Gasteiger partial charge in [0.15, 0.2) is 0 Å². The van der Waals surface area contributed by atoms with Crippen molar-refractivity contribution in [3.8, 4) is 0 Å². The van der Waals surface area contributed by atoms with Gasteiger partial charge >= 0.3 is 0 Å². The number of rotatable bonds is 0. The molecule has 0 radical (unpaired) electrons. The fourth-order valence-corrected chi connectivity index (χ4v) is 1.80. The maximum Gasteiger partial charge on any atom is 0.0799 e. The molecule has 0 aromatic heterocycles. The Balaban J connectivity index is 0. The lowest BCUT2D eigenvalue weighted by Crippen LogP contribution is -2.25. The molecular formula is C12H28O2. The van der Waals surface area contributed by atoms with Crippen molar-refractivity contribution < 1.29 is 10.2 Å². The minimum atomic E-state index is -0.469. The van der Waals surface area contributed by atoms with Crippen molar-refractivity contribution in [2.75, 3.05) is 0 Å². The highest BCUT2D eigenvalue weighted by Gasteiger charge is 2.15. The second kappa shape index (κ2) is 9.47. The van der Waals surface area contributed by atoms with E-state index in [1.54, 1.807) is 0 Å². The van der Waals surface area contributed by atoms with Gasteiger partial charge in [-0.25, -0.2) is 0 Å². The van der Waals surface area contributed by atoms with Crippen molar-refractivity contribution >= 4 is 0 Å². The summed E-state index contributed by atoms with van der Waals surface area (Å²) in [4.78, 5) is 0. The Kier molecular flexibility index (Phi) is 11.1. The van der Waals surface area contributed by atoms with Gasteiger partial charge in [0.2, 0.25) is 0 Å². The summed E-state index contributed by atoms with van der Waals surface area (Å²) in [6.45, 7) is 0. The molecule has 0 bridgehead atoms. The second-order valence-electron chi connectivity index (χ2n) is 3.83. The highest BCUT2D eigenvalue weighted by atomic mass is 16.3. The molecule has 0 aromatic rings. The number of aliphatic hydroxyl groups is 2. The van der Waals surface area contributed by atoms with E-state index in [4.69, 9.17) is 0 Å². The second-order valence-corrected chi connectivity index (χ2v) is 3.83. The first-order chi connectivity index (χ1) is 5.80. The van der Waals surface area contributed by atoms with Crippen LogP contribution in [-0.4, -0.2) is 22.4 Å². The van der Waals surface area contributed by atoms with E-state index < -0.39 is 12.2 Å². The minimum absolute atomic E-state index is 0. The first-order valence-electron chi connectivity index (χ1n) is 5.17. The summed E-state index contributed by atoms with van der Waals surface area (Å²) in [6, 6.07) is 0. The van der Waals surface area contributed by atoms with Gasteiger partial charge in [-0.3, -0.25) is 0 Å². The third-order valence-corrected chi connectivity index (χ3v) is 2.69. The van der Waals surface area contributed by atoms with E-state index in [9.17, 15) is 10.2 Å². The zero-order valence-electron chi connectivity index (χ0n) is 7.71. The van der Waals surface area contributed by atoms with E-state index in [1.807, 2.05) is 0 Å². The van der Waals surface area contributed by atoms with Crippen LogP contribution >= 0.6 is 0 Å². The molecule has 0 aromatic carbocycles. The lowest BCUT2D eigenvalue weighted by molar-refractivity contribution is 0.00608. The third kappa shape index (κ3) is 6.39. The first kappa shape index (κ1) is 16.4. The molecule has 1 rings (SSSR count). The minimum Gasteiger partial charge on any atom is -0.390 e. The van der Waals surface area contributed by atoms with E-state index in [-0.39, 0.29) is 14.9 Å². The van der Waals surface area contributed by atoms with Gasteiger partial charge in [0.1, 0.15) is 0 Å². The Morgan fingerprint density at radius 1 is 0.571 bits per heavy atom. The van der Waals surface area contributed by atoms with Crippen molar-refractivity contribution in [3.05, 3.63) is 0 Å². The Hall–Kier alpha value is -0.0800. The van der Waals surface area contributed by atoms with E-state index in [0.29, 0.717) is 0 Å². The zero-order chi connectivity index (χ0) is 8.81. The van der Waals surface area contributed by atoms with Gasteiger partial charge in [0.05, 0.1) is 12.2 Å². The summed E-state index contributed by atoms with van der Waals surface area (Å²) in [5.41, 5.74) is 0. The first-order valence-corrected chi connectivity index (χ1v) is 5.17. The molecule has 0 heterocycles. The molecule has 1 fully saturated rings. The molecule has 0 saturated heterocycles. The molecule has 0 amide bonds. The summed E-state index contributed by atoms with van der Waals surface area (Å²) in [7, 11) is 0. The van der Waals surface area contributed by atoms with Crippen LogP contribution in [0.3, 0.4) is 0 Å². The molecule has 88 valence electrons. The highest BCUT2D eigenvalue weighted by Crippen LogP contribution is 2.17. The standard InChI is InChI=1S/C10H20O2.2CH4/c11-9-7-5-3-1-2-4-6-8-10(9)12;;/h9-12H,1-8H2;2*1H4.